The minimum Gasteiger partial charge on any atom is -0.349 e. The summed E-state index contributed by atoms with van der Waals surface area (Å²) >= 11 is 0. The third kappa shape index (κ3) is 5.09. The molecule has 1 aliphatic rings. The summed E-state index contributed by atoms with van der Waals surface area (Å²) in [5.41, 5.74) is 1.78. The Kier molecular flexibility index (Phi) is 6.57. The Hall–Kier alpha value is -3.25. The smallest absolute Gasteiger partial charge is 0.271 e. The van der Waals surface area contributed by atoms with Gasteiger partial charge >= 0.3 is 0 Å². The fraction of sp³-hybridized carbons (Fsp3) is 0.320. The van der Waals surface area contributed by atoms with Crippen molar-refractivity contribution in [3.05, 3.63) is 94.4 Å². The van der Waals surface area contributed by atoms with Gasteiger partial charge in [0, 0.05) is 12.6 Å². The van der Waals surface area contributed by atoms with Crippen molar-refractivity contribution in [2.75, 3.05) is 19.6 Å². The standard InChI is InChI=1S/C25H28N4O2/c1-19-14-16-28(17-15-19)23(20-8-4-2-5-9-20)18-26-25(31)22-12-13-24(30)29(27-22)21-10-6-3-7-11-21/h2-13,19,23H,14-18H2,1H3,(H,26,31). The van der Waals surface area contributed by atoms with Crippen LogP contribution in [0.3, 0.4) is 0 Å². The van der Waals surface area contributed by atoms with Crippen LogP contribution in [0.15, 0.2) is 77.6 Å². The summed E-state index contributed by atoms with van der Waals surface area (Å²) in [6, 6.07) is 22.4. The van der Waals surface area contributed by atoms with Crippen molar-refractivity contribution in [3.63, 3.8) is 0 Å². The predicted octanol–water partition coefficient (Wildman–Crippen LogP) is 3.44. The maximum absolute atomic E-state index is 12.9. The van der Waals surface area contributed by atoms with Crippen LogP contribution in [0.25, 0.3) is 5.69 Å². The van der Waals surface area contributed by atoms with E-state index in [4.69, 9.17) is 0 Å². The number of aromatic nitrogens is 2. The van der Waals surface area contributed by atoms with Crippen LogP contribution in [0, 0.1) is 5.92 Å². The van der Waals surface area contributed by atoms with Gasteiger partial charge in [0.15, 0.2) is 0 Å². The maximum Gasteiger partial charge on any atom is 0.271 e. The molecular formula is C25H28N4O2. The molecule has 1 fully saturated rings. The first kappa shape index (κ1) is 21.0. The lowest BCUT2D eigenvalue weighted by Gasteiger charge is -2.37. The lowest BCUT2D eigenvalue weighted by molar-refractivity contribution is 0.0906. The number of hydrogen-bond acceptors (Lipinski definition) is 4. The van der Waals surface area contributed by atoms with E-state index in [0.29, 0.717) is 12.2 Å². The lowest BCUT2D eigenvalue weighted by Crippen LogP contribution is -2.42. The van der Waals surface area contributed by atoms with Crippen molar-refractivity contribution < 1.29 is 4.79 Å². The molecule has 1 aliphatic heterocycles. The Balaban J connectivity index is 1.51. The highest BCUT2D eigenvalue weighted by molar-refractivity contribution is 5.92. The molecule has 1 N–H and O–H groups in total. The monoisotopic (exact) mass is 416 g/mol. The molecular weight excluding hydrogens is 388 g/mol. The highest BCUT2D eigenvalue weighted by Crippen LogP contribution is 2.26. The molecule has 2 aromatic carbocycles. The largest absolute Gasteiger partial charge is 0.349 e. The molecule has 31 heavy (non-hydrogen) atoms. The highest BCUT2D eigenvalue weighted by Gasteiger charge is 2.25. The summed E-state index contributed by atoms with van der Waals surface area (Å²) in [6.45, 7) is 4.83. The second-order valence-electron chi connectivity index (χ2n) is 8.16. The van der Waals surface area contributed by atoms with Crippen LogP contribution in [-0.2, 0) is 0 Å². The number of para-hydroxylation sites is 1. The van der Waals surface area contributed by atoms with Crippen LogP contribution < -0.4 is 10.9 Å². The van der Waals surface area contributed by atoms with E-state index in [1.807, 2.05) is 36.4 Å². The molecule has 0 spiro atoms. The first-order valence-corrected chi connectivity index (χ1v) is 10.8. The van der Waals surface area contributed by atoms with Gasteiger partial charge in [-0.2, -0.15) is 9.78 Å². The minimum absolute atomic E-state index is 0.109. The third-order valence-electron chi connectivity index (χ3n) is 5.93. The first-order valence-electron chi connectivity index (χ1n) is 10.8. The Morgan fingerprint density at radius 1 is 1.00 bits per heavy atom. The molecule has 0 saturated carbocycles. The molecule has 6 heteroatoms. The molecule has 3 aromatic rings. The summed E-state index contributed by atoms with van der Waals surface area (Å²) in [7, 11) is 0. The van der Waals surface area contributed by atoms with E-state index in [-0.39, 0.29) is 23.2 Å². The van der Waals surface area contributed by atoms with Crippen LogP contribution in [0.4, 0.5) is 0 Å². The third-order valence-corrected chi connectivity index (χ3v) is 5.93. The number of nitrogens with zero attached hydrogens (tertiary/aromatic N) is 3. The Morgan fingerprint density at radius 2 is 1.65 bits per heavy atom. The van der Waals surface area contributed by atoms with E-state index in [2.05, 4.69) is 34.4 Å². The molecule has 1 saturated heterocycles. The van der Waals surface area contributed by atoms with Crippen LogP contribution >= 0.6 is 0 Å². The molecule has 1 aromatic heterocycles. The topological polar surface area (TPSA) is 67.2 Å². The Labute approximate surface area is 182 Å². The number of rotatable bonds is 6. The summed E-state index contributed by atoms with van der Waals surface area (Å²) in [6.07, 6.45) is 2.34. The van der Waals surface area contributed by atoms with Crippen molar-refractivity contribution in [2.24, 2.45) is 5.92 Å². The van der Waals surface area contributed by atoms with Crippen molar-refractivity contribution in [1.82, 2.24) is 20.0 Å². The van der Waals surface area contributed by atoms with Gasteiger partial charge < -0.3 is 5.32 Å². The summed E-state index contributed by atoms with van der Waals surface area (Å²) in [4.78, 5) is 27.6. The molecule has 0 bridgehead atoms. The normalized spacial score (nSPS) is 16.0. The molecule has 1 amide bonds. The van der Waals surface area contributed by atoms with E-state index in [0.717, 1.165) is 19.0 Å². The minimum atomic E-state index is -0.281. The fourth-order valence-electron chi connectivity index (χ4n) is 4.04. The molecule has 4 rings (SSSR count). The molecule has 160 valence electrons. The predicted molar refractivity (Wildman–Crippen MR) is 121 cm³/mol. The second kappa shape index (κ2) is 9.71. The number of benzene rings is 2. The average molecular weight is 417 g/mol. The van der Waals surface area contributed by atoms with Crippen molar-refractivity contribution >= 4 is 5.91 Å². The van der Waals surface area contributed by atoms with Gasteiger partial charge in [0.2, 0.25) is 0 Å². The van der Waals surface area contributed by atoms with Crippen LogP contribution in [0.1, 0.15) is 41.9 Å². The molecule has 6 nitrogen and oxygen atoms in total. The summed E-state index contributed by atoms with van der Waals surface area (Å²) < 4.78 is 1.26. The Morgan fingerprint density at radius 3 is 2.32 bits per heavy atom. The van der Waals surface area contributed by atoms with E-state index in [1.165, 1.54) is 35.2 Å². The van der Waals surface area contributed by atoms with E-state index < -0.39 is 0 Å². The molecule has 1 atom stereocenters. The van der Waals surface area contributed by atoms with E-state index in [1.54, 1.807) is 12.1 Å². The van der Waals surface area contributed by atoms with Crippen LogP contribution in [-0.4, -0.2) is 40.2 Å². The van der Waals surface area contributed by atoms with Gasteiger partial charge in [-0.3, -0.25) is 14.5 Å². The SMILES string of the molecule is CC1CCN(C(CNC(=O)c2ccc(=O)n(-c3ccccc3)n2)c2ccccc2)CC1. The van der Waals surface area contributed by atoms with Gasteiger partial charge in [0.25, 0.3) is 11.5 Å². The average Bonchev–Trinajstić information content (AvgIpc) is 2.82. The summed E-state index contributed by atoms with van der Waals surface area (Å²) in [5.74, 6) is 0.460. The zero-order valence-corrected chi connectivity index (χ0v) is 17.8. The Bertz CT molecular complexity index is 1060. The number of nitrogens with one attached hydrogen (secondary N) is 1. The number of amides is 1. The number of likely N-dealkylation sites (tertiary alicyclic amines) is 1. The number of piperidine rings is 1. The lowest BCUT2D eigenvalue weighted by atomic mass is 9.95. The van der Waals surface area contributed by atoms with Gasteiger partial charge in [-0.15, -0.1) is 0 Å². The zero-order chi connectivity index (χ0) is 21.6. The van der Waals surface area contributed by atoms with Crippen molar-refractivity contribution in [3.8, 4) is 5.69 Å². The number of carbonyl (C=O) groups is 1. The molecule has 1 unspecified atom stereocenters. The molecule has 0 aliphatic carbocycles. The number of hydrogen-bond donors (Lipinski definition) is 1. The van der Waals surface area contributed by atoms with Gasteiger partial charge in [0.1, 0.15) is 5.69 Å². The first-order chi connectivity index (χ1) is 15.1. The number of carbonyl (C=O) groups excluding carboxylic acids is 1. The quantitative estimate of drug-likeness (QED) is 0.669. The van der Waals surface area contributed by atoms with Crippen LogP contribution in [0.2, 0.25) is 0 Å². The highest BCUT2D eigenvalue weighted by atomic mass is 16.2. The van der Waals surface area contributed by atoms with E-state index in [9.17, 15) is 9.59 Å². The van der Waals surface area contributed by atoms with Gasteiger partial charge in [0.05, 0.1) is 11.7 Å². The van der Waals surface area contributed by atoms with Crippen LogP contribution in [0.5, 0.6) is 0 Å². The molecule has 0 radical (unpaired) electrons. The maximum atomic E-state index is 12.9. The fourth-order valence-corrected chi connectivity index (χ4v) is 4.04. The summed E-state index contributed by atoms with van der Waals surface area (Å²) in [5, 5.41) is 7.34. The van der Waals surface area contributed by atoms with Gasteiger partial charge in [-0.1, -0.05) is 55.5 Å². The second-order valence-corrected chi connectivity index (χ2v) is 8.16. The van der Waals surface area contributed by atoms with Crippen molar-refractivity contribution in [1.29, 1.82) is 0 Å². The zero-order valence-electron chi connectivity index (χ0n) is 17.8. The van der Waals surface area contributed by atoms with E-state index >= 15 is 0 Å². The molecule has 2 heterocycles. The van der Waals surface area contributed by atoms with Gasteiger partial charge in [-0.25, -0.2) is 0 Å². The van der Waals surface area contributed by atoms with Gasteiger partial charge in [-0.05, 0) is 55.6 Å². The van der Waals surface area contributed by atoms with Crippen molar-refractivity contribution in [2.45, 2.75) is 25.8 Å².